The third kappa shape index (κ3) is 4.85. The first kappa shape index (κ1) is 21.9. The summed E-state index contributed by atoms with van der Waals surface area (Å²) in [5.41, 5.74) is 4.29. The number of imide groups is 1. The van der Waals surface area contributed by atoms with E-state index in [1.807, 2.05) is 50.2 Å². The Morgan fingerprint density at radius 1 is 1.07 bits per heavy atom. The Balaban J connectivity index is 1.84. The molecular weight excluding hydrogens is 374 g/mol. The number of benzene rings is 2. The molecule has 1 atom stereocenters. The fourth-order valence-corrected chi connectivity index (χ4v) is 3.61. The van der Waals surface area contributed by atoms with Gasteiger partial charge in [-0.1, -0.05) is 24.3 Å². The molecule has 1 heterocycles. The van der Waals surface area contributed by atoms with Crippen molar-refractivity contribution in [2.75, 3.05) is 18.0 Å². The molecule has 0 fully saturated rings. The summed E-state index contributed by atoms with van der Waals surface area (Å²) < 4.78 is 0. The molecule has 2 N–H and O–H groups in total. The van der Waals surface area contributed by atoms with E-state index in [2.05, 4.69) is 31.1 Å². The number of fused-ring (bicyclic) bond motifs is 1. The minimum absolute atomic E-state index is 0.203. The zero-order chi connectivity index (χ0) is 21.9. The van der Waals surface area contributed by atoms with Gasteiger partial charge in [0, 0.05) is 24.7 Å². The van der Waals surface area contributed by atoms with Crippen LogP contribution < -0.4 is 10.2 Å². The summed E-state index contributed by atoms with van der Waals surface area (Å²) in [7, 11) is 0. The van der Waals surface area contributed by atoms with Gasteiger partial charge < -0.3 is 5.32 Å². The average molecular weight is 407 g/mol. The maximum Gasteiger partial charge on any atom is 0.265 e. The van der Waals surface area contributed by atoms with Gasteiger partial charge in [-0.05, 0) is 69.5 Å². The SMILES string of the molecule is Cc1ccc(N2C(=O)c3ccccc3[C@H](C=NCCC[NH2+]C(C)(C)C)C2=O)cc1C. The Labute approximate surface area is 179 Å². The number of nitrogens with zero attached hydrogens (tertiary/aromatic N) is 2. The Morgan fingerprint density at radius 3 is 2.50 bits per heavy atom. The number of quaternary nitrogens is 1. The van der Waals surface area contributed by atoms with Crippen LogP contribution in [-0.4, -0.2) is 36.7 Å². The fraction of sp³-hybridized carbons (Fsp3) is 0.400. The van der Waals surface area contributed by atoms with Gasteiger partial charge in [0.2, 0.25) is 5.91 Å². The van der Waals surface area contributed by atoms with E-state index >= 15 is 0 Å². The fourth-order valence-electron chi connectivity index (χ4n) is 3.61. The summed E-state index contributed by atoms with van der Waals surface area (Å²) in [6.45, 7) is 12.2. The third-order valence-corrected chi connectivity index (χ3v) is 5.47. The van der Waals surface area contributed by atoms with Crippen LogP contribution in [0, 0.1) is 13.8 Å². The molecule has 0 bridgehead atoms. The van der Waals surface area contributed by atoms with Crippen LogP contribution in [0.5, 0.6) is 0 Å². The van der Waals surface area contributed by atoms with Crippen molar-refractivity contribution in [1.82, 2.24) is 0 Å². The van der Waals surface area contributed by atoms with Crippen LogP contribution in [0.25, 0.3) is 0 Å². The van der Waals surface area contributed by atoms with Crippen LogP contribution in [0.15, 0.2) is 47.5 Å². The molecule has 1 aliphatic rings. The van der Waals surface area contributed by atoms with Crippen LogP contribution >= 0.6 is 0 Å². The molecule has 2 aromatic rings. The lowest BCUT2D eigenvalue weighted by atomic mass is 9.88. The van der Waals surface area contributed by atoms with Crippen LogP contribution in [0.2, 0.25) is 0 Å². The Morgan fingerprint density at radius 2 is 1.80 bits per heavy atom. The highest BCUT2D eigenvalue weighted by molar-refractivity contribution is 6.29. The molecule has 5 heteroatoms. The van der Waals surface area contributed by atoms with Crippen molar-refractivity contribution in [3.05, 3.63) is 64.7 Å². The third-order valence-electron chi connectivity index (χ3n) is 5.47. The molecule has 2 aromatic carbocycles. The van der Waals surface area contributed by atoms with Crippen molar-refractivity contribution >= 4 is 23.7 Å². The molecule has 0 unspecified atom stereocenters. The number of aryl methyl sites for hydroxylation is 2. The number of aliphatic imine (C=N–C) groups is 1. The van der Waals surface area contributed by atoms with E-state index < -0.39 is 5.92 Å². The Bertz CT molecular complexity index is 973. The zero-order valence-electron chi connectivity index (χ0n) is 18.6. The summed E-state index contributed by atoms with van der Waals surface area (Å²) in [5.74, 6) is -1.07. The second kappa shape index (κ2) is 8.92. The smallest absolute Gasteiger partial charge is 0.265 e. The Kier molecular flexibility index (Phi) is 6.52. The van der Waals surface area contributed by atoms with Crippen molar-refractivity contribution < 1.29 is 14.9 Å². The number of anilines is 1. The average Bonchev–Trinajstić information content (AvgIpc) is 2.68. The van der Waals surface area contributed by atoms with Gasteiger partial charge in [0.15, 0.2) is 0 Å². The predicted molar refractivity (Wildman–Crippen MR) is 121 cm³/mol. The lowest BCUT2D eigenvalue weighted by Crippen LogP contribution is -2.94. The van der Waals surface area contributed by atoms with Crippen molar-refractivity contribution in [2.24, 2.45) is 4.99 Å². The molecular formula is C25H32N3O2+. The maximum absolute atomic E-state index is 13.4. The van der Waals surface area contributed by atoms with Crippen LogP contribution in [0.4, 0.5) is 5.69 Å². The van der Waals surface area contributed by atoms with E-state index in [-0.39, 0.29) is 17.4 Å². The molecule has 30 heavy (non-hydrogen) atoms. The number of nitrogens with two attached hydrogens (primary N) is 1. The molecule has 0 radical (unpaired) electrons. The molecule has 158 valence electrons. The van der Waals surface area contributed by atoms with E-state index in [1.165, 1.54) is 4.90 Å². The standard InChI is InChI=1S/C25H31N3O2/c1-17-11-12-19(15-18(17)2)28-23(29)21-10-7-6-9-20(21)22(24(28)30)16-26-13-8-14-27-25(3,4)5/h6-7,9-12,15-16,22,27H,8,13-14H2,1-5H3/p+1/t22-/m0/s1. The van der Waals surface area contributed by atoms with Crippen LogP contribution in [0.1, 0.15) is 60.2 Å². The largest absolute Gasteiger partial charge is 0.342 e. The lowest BCUT2D eigenvalue weighted by molar-refractivity contribution is -0.716. The highest BCUT2D eigenvalue weighted by Crippen LogP contribution is 2.32. The number of hydrogen-bond donors (Lipinski definition) is 1. The molecule has 0 saturated heterocycles. The lowest BCUT2D eigenvalue weighted by Gasteiger charge is -2.31. The zero-order valence-corrected chi connectivity index (χ0v) is 18.6. The summed E-state index contributed by atoms with van der Waals surface area (Å²) in [5, 5.41) is 2.30. The monoisotopic (exact) mass is 406 g/mol. The maximum atomic E-state index is 13.4. The van der Waals surface area contributed by atoms with Gasteiger partial charge in [-0.3, -0.25) is 14.6 Å². The number of carbonyl (C=O) groups excluding carboxylic acids is 2. The van der Waals surface area contributed by atoms with Gasteiger partial charge in [0.25, 0.3) is 5.91 Å². The molecule has 0 saturated carbocycles. The minimum atomic E-state index is -0.549. The van der Waals surface area contributed by atoms with Crippen molar-refractivity contribution in [3.8, 4) is 0 Å². The molecule has 5 nitrogen and oxygen atoms in total. The predicted octanol–water partition coefficient (Wildman–Crippen LogP) is 3.40. The highest BCUT2D eigenvalue weighted by atomic mass is 16.2. The van der Waals surface area contributed by atoms with E-state index in [9.17, 15) is 9.59 Å². The molecule has 0 aliphatic carbocycles. The van der Waals surface area contributed by atoms with Gasteiger partial charge in [0.05, 0.1) is 23.7 Å². The molecule has 2 amide bonds. The van der Waals surface area contributed by atoms with E-state index in [4.69, 9.17) is 0 Å². The van der Waals surface area contributed by atoms with Gasteiger partial charge in [-0.15, -0.1) is 0 Å². The second-order valence-electron chi connectivity index (χ2n) is 9.08. The number of rotatable bonds is 6. The minimum Gasteiger partial charge on any atom is -0.342 e. The first-order valence-corrected chi connectivity index (χ1v) is 10.6. The first-order chi connectivity index (χ1) is 14.2. The van der Waals surface area contributed by atoms with E-state index in [0.29, 0.717) is 17.8 Å². The van der Waals surface area contributed by atoms with Crippen molar-refractivity contribution in [1.29, 1.82) is 0 Å². The number of amides is 2. The molecule has 1 aliphatic heterocycles. The molecule has 0 aromatic heterocycles. The first-order valence-electron chi connectivity index (χ1n) is 10.6. The van der Waals surface area contributed by atoms with E-state index in [1.54, 1.807) is 12.3 Å². The summed E-state index contributed by atoms with van der Waals surface area (Å²) in [4.78, 5) is 32.3. The number of carbonyl (C=O) groups is 2. The molecule has 0 spiro atoms. The van der Waals surface area contributed by atoms with E-state index in [0.717, 1.165) is 29.7 Å². The van der Waals surface area contributed by atoms with Crippen LogP contribution in [-0.2, 0) is 4.79 Å². The second-order valence-corrected chi connectivity index (χ2v) is 9.08. The van der Waals surface area contributed by atoms with Gasteiger partial charge in [-0.2, -0.15) is 0 Å². The molecule has 3 rings (SSSR count). The normalized spacial score (nSPS) is 17.0. The quantitative estimate of drug-likeness (QED) is 0.454. The summed E-state index contributed by atoms with van der Waals surface area (Å²) in [6.07, 6.45) is 2.66. The van der Waals surface area contributed by atoms with Gasteiger partial charge >= 0.3 is 0 Å². The van der Waals surface area contributed by atoms with Gasteiger partial charge in [0.1, 0.15) is 0 Å². The van der Waals surface area contributed by atoms with Crippen LogP contribution in [0.3, 0.4) is 0 Å². The summed E-state index contributed by atoms with van der Waals surface area (Å²) >= 11 is 0. The highest BCUT2D eigenvalue weighted by Gasteiger charge is 2.38. The van der Waals surface area contributed by atoms with Crippen molar-refractivity contribution in [3.63, 3.8) is 0 Å². The Hall–Kier alpha value is -2.79. The van der Waals surface area contributed by atoms with Crippen molar-refractivity contribution in [2.45, 2.75) is 52.5 Å². The number of hydrogen-bond acceptors (Lipinski definition) is 3. The van der Waals surface area contributed by atoms with Gasteiger partial charge in [-0.25, -0.2) is 4.90 Å². The topological polar surface area (TPSA) is 66.3 Å². The summed E-state index contributed by atoms with van der Waals surface area (Å²) in [6, 6.07) is 13.0.